The number of aromatic hydroxyl groups is 1. The summed E-state index contributed by atoms with van der Waals surface area (Å²) in [4.78, 5) is 15.5. The van der Waals surface area contributed by atoms with Crippen LogP contribution >= 0.6 is 0 Å². The molecule has 0 fully saturated rings. The van der Waals surface area contributed by atoms with Gasteiger partial charge in [-0.25, -0.2) is 4.39 Å². The average Bonchev–Trinajstić information content (AvgIpc) is 3.46. The topological polar surface area (TPSA) is 87.7 Å². The van der Waals surface area contributed by atoms with Gasteiger partial charge in [-0.2, -0.15) is 5.10 Å². The molecule has 0 aliphatic carbocycles. The molecule has 2 N–H and O–H groups in total. The Kier molecular flexibility index (Phi) is 7.11. The number of aromatic nitrogens is 2. The Morgan fingerprint density at radius 2 is 1.87 bits per heavy atom. The van der Waals surface area contributed by atoms with Crippen LogP contribution in [-0.4, -0.2) is 39.3 Å². The fraction of sp³-hybridized carbons (Fsp3) is 0.226. The van der Waals surface area contributed by atoms with Gasteiger partial charge in [-0.05, 0) is 73.4 Å². The third kappa shape index (κ3) is 4.85. The number of hydrogen-bond acceptors (Lipinski definition) is 5. The van der Waals surface area contributed by atoms with Crippen LogP contribution < -0.4 is 9.47 Å². The molecular formula is C31H30FN3O4. The van der Waals surface area contributed by atoms with E-state index in [1.807, 2.05) is 51.1 Å². The number of hydrogen-bond donors (Lipinski definition) is 2. The van der Waals surface area contributed by atoms with E-state index < -0.39 is 6.04 Å². The molecule has 0 saturated heterocycles. The molecule has 3 aromatic carbocycles. The van der Waals surface area contributed by atoms with Crippen LogP contribution in [0.1, 0.15) is 51.3 Å². The molecule has 1 aromatic heterocycles. The second-order valence-electron chi connectivity index (χ2n) is 9.54. The molecule has 0 radical (unpaired) electrons. The lowest BCUT2D eigenvalue weighted by atomic mass is 9.93. The van der Waals surface area contributed by atoms with Gasteiger partial charge in [-0.15, -0.1) is 0 Å². The number of carbonyl (C=O) groups excluding carboxylic acids is 1. The number of fused-ring (bicyclic) bond motifs is 1. The van der Waals surface area contributed by atoms with Crippen LogP contribution in [-0.2, 0) is 6.54 Å². The van der Waals surface area contributed by atoms with Crippen LogP contribution in [0.4, 0.5) is 4.39 Å². The highest BCUT2D eigenvalue weighted by atomic mass is 19.1. The second-order valence-corrected chi connectivity index (χ2v) is 9.54. The van der Waals surface area contributed by atoms with Crippen molar-refractivity contribution in [1.29, 1.82) is 0 Å². The number of amides is 1. The predicted octanol–water partition coefficient (Wildman–Crippen LogP) is 6.25. The molecule has 1 atom stereocenters. The van der Waals surface area contributed by atoms with E-state index >= 15 is 0 Å². The van der Waals surface area contributed by atoms with E-state index in [2.05, 4.69) is 16.8 Å². The molecule has 8 heteroatoms. The summed E-state index contributed by atoms with van der Waals surface area (Å²) in [6.07, 6.45) is 1.66. The fourth-order valence-electron chi connectivity index (χ4n) is 5.07. The van der Waals surface area contributed by atoms with Crippen molar-refractivity contribution in [2.24, 2.45) is 0 Å². The summed E-state index contributed by atoms with van der Waals surface area (Å²) >= 11 is 0. The summed E-state index contributed by atoms with van der Waals surface area (Å²) in [5.74, 6) is 0.628. The van der Waals surface area contributed by atoms with Crippen LogP contribution in [0, 0.1) is 19.7 Å². The van der Waals surface area contributed by atoms with Crippen LogP contribution in [0.2, 0.25) is 0 Å². The molecule has 39 heavy (non-hydrogen) atoms. The largest absolute Gasteiger partial charge is 0.507 e. The van der Waals surface area contributed by atoms with Crippen LogP contribution in [0.25, 0.3) is 11.3 Å². The maximum atomic E-state index is 13.8. The summed E-state index contributed by atoms with van der Waals surface area (Å²) in [5.41, 5.74) is 5.29. The summed E-state index contributed by atoms with van der Waals surface area (Å²) in [6, 6.07) is 14.9. The average molecular weight is 528 g/mol. The van der Waals surface area contributed by atoms with E-state index in [4.69, 9.17) is 9.47 Å². The fourth-order valence-corrected chi connectivity index (χ4v) is 5.07. The Balaban J connectivity index is 1.68. The highest BCUT2D eigenvalue weighted by Gasteiger charge is 2.43. The van der Waals surface area contributed by atoms with Crippen molar-refractivity contribution in [2.45, 2.75) is 33.4 Å². The maximum Gasteiger partial charge on any atom is 0.273 e. The molecule has 7 nitrogen and oxygen atoms in total. The number of nitrogens with one attached hydrogen (secondary N) is 1. The Hall–Kier alpha value is -4.59. The van der Waals surface area contributed by atoms with E-state index in [0.717, 1.165) is 16.7 Å². The molecule has 1 unspecified atom stereocenters. The van der Waals surface area contributed by atoms with Gasteiger partial charge >= 0.3 is 0 Å². The van der Waals surface area contributed by atoms with E-state index in [1.165, 1.54) is 12.1 Å². The molecule has 0 spiro atoms. The molecule has 5 rings (SSSR count). The number of phenols is 1. The van der Waals surface area contributed by atoms with Crippen molar-refractivity contribution in [2.75, 3.05) is 13.2 Å². The van der Waals surface area contributed by atoms with Gasteiger partial charge in [-0.3, -0.25) is 9.89 Å². The van der Waals surface area contributed by atoms with Crippen molar-refractivity contribution in [1.82, 2.24) is 15.1 Å². The first-order valence-corrected chi connectivity index (χ1v) is 12.8. The standard InChI is InChI=1S/C31H30FN3O4/c1-5-13-39-24-12-9-21(16-25(24)38-6-2)29-26-27(23-15-18(3)14-19(4)30(23)36)33-34-28(26)31(37)35(29)17-20-7-10-22(32)11-8-20/h5,7-12,14-16,29,36H,1,6,13,17H2,2-4H3,(H,33,34). The molecule has 1 amide bonds. The number of aryl methyl sites for hydroxylation is 2. The van der Waals surface area contributed by atoms with Gasteiger partial charge in [0.15, 0.2) is 11.5 Å². The SMILES string of the molecule is C=CCOc1ccc(C2c3c(-c4cc(C)cc(C)c4O)n[nH]c3C(=O)N2Cc2ccc(F)cc2)cc1OCC. The number of H-pyrrole nitrogens is 1. The molecular weight excluding hydrogens is 497 g/mol. The first-order valence-electron chi connectivity index (χ1n) is 12.8. The van der Waals surface area contributed by atoms with Gasteiger partial charge in [0.1, 0.15) is 29.6 Å². The minimum absolute atomic E-state index is 0.112. The normalized spacial score (nSPS) is 14.4. The van der Waals surface area contributed by atoms with Gasteiger partial charge in [0.25, 0.3) is 5.91 Å². The first-order chi connectivity index (χ1) is 18.8. The molecule has 1 aliphatic heterocycles. The lowest BCUT2D eigenvalue weighted by Gasteiger charge is -2.27. The lowest BCUT2D eigenvalue weighted by Crippen LogP contribution is -2.29. The van der Waals surface area contributed by atoms with E-state index in [9.17, 15) is 14.3 Å². The number of halogens is 1. The predicted molar refractivity (Wildman–Crippen MR) is 147 cm³/mol. The van der Waals surface area contributed by atoms with E-state index in [1.54, 1.807) is 23.1 Å². The molecule has 2 heterocycles. The Morgan fingerprint density at radius 3 is 2.59 bits per heavy atom. The summed E-state index contributed by atoms with van der Waals surface area (Å²) in [5, 5.41) is 18.4. The monoisotopic (exact) mass is 527 g/mol. The number of rotatable bonds is 9. The number of ether oxygens (including phenoxy) is 2. The highest BCUT2D eigenvalue weighted by Crippen LogP contribution is 2.47. The Bertz CT molecular complexity index is 1540. The van der Waals surface area contributed by atoms with E-state index in [-0.39, 0.29) is 24.0 Å². The molecule has 1 aliphatic rings. The van der Waals surface area contributed by atoms with Crippen LogP contribution in [0.3, 0.4) is 0 Å². The summed E-state index contributed by atoms with van der Waals surface area (Å²) in [6.45, 7) is 10.4. The number of nitrogens with zero attached hydrogens (tertiary/aromatic N) is 2. The zero-order chi connectivity index (χ0) is 27.7. The molecule has 0 saturated carbocycles. The van der Waals surface area contributed by atoms with Crippen molar-refractivity contribution in [3.63, 3.8) is 0 Å². The lowest BCUT2D eigenvalue weighted by molar-refractivity contribution is 0.0729. The van der Waals surface area contributed by atoms with Gasteiger partial charge in [-0.1, -0.05) is 36.9 Å². The van der Waals surface area contributed by atoms with Crippen molar-refractivity contribution in [3.8, 4) is 28.5 Å². The Labute approximate surface area is 226 Å². The second kappa shape index (κ2) is 10.6. The smallest absolute Gasteiger partial charge is 0.273 e. The number of phenolic OH excluding ortho intramolecular Hbond substituents is 1. The maximum absolute atomic E-state index is 13.8. The molecule has 200 valence electrons. The van der Waals surface area contributed by atoms with Crippen LogP contribution in [0.5, 0.6) is 17.2 Å². The third-order valence-electron chi connectivity index (χ3n) is 6.77. The molecule has 4 aromatic rings. The summed E-state index contributed by atoms with van der Waals surface area (Å²) in [7, 11) is 0. The quantitative estimate of drug-likeness (QED) is 0.251. The van der Waals surface area contributed by atoms with E-state index in [0.29, 0.717) is 52.8 Å². The number of carbonyl (C=O) groups is 1. The summed E-state index contributed by atoms with van der Waals surface area (Å²) < 4.78 is 25.3. The van der Waals surface area contributed by atoms with Crippen molar-refractivity contribution < 1.29 is 23.8 Å². The number of aromatic amines is 1. The van der Waals surface area contributed by atoms with Gasteiger partial charge in [0.2, 0.25) is 0 Å². The third-order valence-corrected chi connectivity index (χ3v) is 6.77. The minimum Gasteiger partial charge on any atom is -0.507 e. The minimum atomic E-state index is -0.556. The van der Waals surface area contributed by atoms with Gasteiger partial charge in [0.05, 0.1) is 12.6 Å². The number of benzene rings is 3. The van der Waals surface area contributed by atoms with Gasteiger partial charge in [0, 0.05) is 17.7 Å². The zero-order valence-electron chi connectivity index (χ0n) is 22.1. The zero-order valence-corrected chi connectivity index (χ0v) is 22.1. The highest BCUT2D eigenvalue weighted by molar-refractivity contribution is 6.00. The van der Waals surface area contributed by atoms with Crippen LogP contribution in [0.15, 0.2) is 67.3 Å². The van der Waals surface area contributed by atoms with Crippen molar-refractivity contribution >= 4 is 5.91 Å². The Morgan fingerprint density at radius 1 is 1.10 bits per heavy atom. The van der Waals surface area contributed by atoms with Crippen molar-refractivity contribution in [3.05, 3.63) is 107 Å². The molecule has 0 bridgehead atoms. The first kappa shape index (κ1) is 26.0. The van der Waals surface area contributed by atoms with Gasteiger partial charge < -0.3 is 19.5 Å².